The van der Waals surface area contributed by atoms with Crippen molar-refractivity contribution in [3.63, 3.8) is 0 Å². The maximum Gasteiger partial charge on any atom is 0.336 e. The Bertz CT molecular complexity index is 5350. The molecule has 2 unspecified atom stereocenters. The lowest BCUT2D eigenvalue weighted by Gasteiger charge is -2.17. The van der Waals surface area contributed by atoms with Gasteiger partial charge in [0.05, 0.1) is 42.1 Å². The van der Waals surface area contributed by atoms with E-state index >= 15 is 0 Å². The number of nitrogens with one attached hydrogen (secondary N) is 3. The van der Waals surface area contributed by atoms with E-state index in [1.54, 1.807) is 43.5 Å². The van der Waals surface area contributed by atoms with Crippen LogP contribution in [0.15, 0.2) is 160 Å². The number of fused-ring (bicyclic) bond motifs is 4. The first-order valence-corrected chi connectivity index (χ1v) is 37.7. The van der Waals surface area contributed by atoms with Crippen LogP contribution in [-0.4, -0.2) is 170 Å². The number of aliphatic hydroxyl groups excluding tert-OH is 6. The Morgan fingerprint density at radius 2 is 1.05 bits per heavy atom. The van der Waals surface area contributed by atoms with Gasteiger partial charge in [-0.2, -0.15) is 4.98 Å². The third-order valence-corrected chi connectivity index (χ3v) is 19.3. The van der Waals surface area contributed by atoms with Crippen molar-refractivity contribution in [2.45, 2.75) is 147 Å². The van der Waals surface area contributed by atoms with Gasteiger partial charge in [-0.05, 0) is 148 Å². The average molecular weight is 1590 g/mol. The number of hydrogen-bond acceptors (Lipinski definition) is 25. The number of hydrogen-bond donors (Lipinski definition) is 15. The Balaban J connectivity index is 0.000000212. The fourth-order valence-electron chi connectivity index (χ4n) is 13.3. The number of phenols is 2. The highest BCUT2D eigenvalue weighted by atomic mass is 16.5. The minimum Gasteiger partial charge on any atom is -0.508 e. The van der Waals surface area contributed by atoms with Crippen LogP contribution in [0.5, 0.6) is 11.5 Å². The van der Waals surface area contributed by atoms with Gasteiger partial charge in [0.15, 0.2) is 16.6 Å². The molecule has 32 heteroatoms. The zero-order valence-electron chi connectivity index (χ0n) is 63.1. The zero-order chi connectivity index (χ0) is 83.0. The molecule has 0 bridgehead atoms. The number of unbranched alkanes of at least 4 members (excludes halogenated alkanes) is 10. The van der Waals surface area contributed by atoms with E-state index < -0.39 is 72.6 Å². The lowest BCUT2D eigenvalue weighted by molar-refractivity contribution is -0.116. The van der Waals surface area contributed by atoms with Gasteiger partial charge in [0.1, 0.15) is 58.8 Å². The molecule has 12 rings (SSSR count). The number of ether oxygens (including phenoxy) is 2. The smallest absolute Gasteiger partial charge is 0.336 e. The topological polar surface area (TPSA) is 532 Å². The molecule has 115 heavy (non-hydrogen) atoms. The first-order chi connectivity index (χ1) is 55.2. The number of H-pyrrole nitrogens is 1. The number of nitrogens with zero attached hydrogens (tertiary/aromatic N) is 3. The van der Waals surface area contributed by atoms with Gasteiger partial charge in [-0.1, -0.05) is 51.0 Å². The third kappa shape index (κ3) is 23.0. The number of aliphatic hydroxyl groups is 6. The third-order valence-electron chi connectivity index (χ3n) is 19.3. The summed E-state index contributed by atoms with van der Waals surface area (Å²) < 4.78 is 25.2. The molecule has 2 aromatic heterocycles. The summed E-state index contributed by atoms with van der Waals surface area (Å²) in [4.78, 5) is 129. The van der Waals surface area contributed by atoms with E-state index in [4.69, 9.17) is 45.1 Å². The Labute approximate surface area is 656 Å². The number of benzene rings is 6. The van der Waals surface area contributed by atoms with Crippen molar-refractivity contribution < 1.29 is 93.3 Å². The van der Waals surface area contributed by atoms with Crippen LogP contribution >= 0.6 is 0 Å². The van der Waals surface area contributed by atoms with Crippen LogP contribution in [-0.2, 0) is 14.3 Å². The largest absolute Gasteiger partial charge is 0.508 e. The number of nitrogens with two attached hydrogens (primary N) is 2. The van der Waals surface area contributed by atoms with E-state index in [-0.39, 0.29) is 117 Å². The predicted octanol–water partition coefficient (Wildman–Crippen LogP) is 7.34. The molecule has 2 aliphatic carbocycles. The zero-order valence-corrected chi connectivity index (χ0v) is 63.1. The molecular formula is C83H94N8O24. The summed E-state index contributed by atoms with van der Waals surface area (Å²) >= 11 is 0. The van der Waals surface area contributed by atoms with Gasteiger partial charge in [0.25, 0.3) is 17.0 Å². The Kier molecular flexibility index (Phi) is 31.7. The van der Waals surface area contributed by atoms with E-state index in [0.29, 0.717) is 94.2 Å². The minimum atomic E-state index is -1.20. The maximum absolute atomic E-state index is 13.3. The standard InChI is InChI=1S/C40H39N3O12.C27H25NO7.C10H15N3O4.C6H15NO/c44-21-34-31(48)19-36(55-34)43-20-23(38(50)42-40(43)53)8-14-35(49)41-15-5-3-1-2-4-6-30(47)22-7-11-26(39(51)52)29(16-22)37-27-12-9-24(45)17-32(27)54-33-18-25(46)10-13-28(33)37;29-12-4-2-1-3-11-28-26(32)16-5-8-19(27(33)34)22(13-16)25-20-9-6-17(30)14-23(20)35-24-15-18(31)7-10-21(24)25;1-5-3-13(10(11)12-9(5)16)8-2-6(15)7(4-14)17-8;7-5-3-1-2-4-6-8/h7-14,16-18,20,31,34,36,44-45,48H,1-6,15,19,21H2,(H,41,49)(H,51,52)(H,42,50,53);5-10,13-15,29-30H,1-4,11-12H2,(H,28,32)(H,33,34);3,6-8,14-15H,2,4H2,1H3,(H2,11,12,16);8H,1-7H2/b14-8+;;;/t31?,34-,36-;;6?,7-,8-;/m1.1./s1. The molecule has 0 saturated carbocycles. The molecule has 6 heterocycles. The van der Waals surface area contributed by atoms with Crippen molar-refractivity contribution in [2.24, 2.45) is 5.73 Å². The molecule has 32 nitrogen and oxygen atoms in total. The molecule has 610 valence electrons. The molecule has 6 aromatic rings. The van der Waals surface area contributed by atoms with Crippen molar-refractivity contribution in [2.75, 3.05) is 51.8 Å². The number of carbonyl (C=O) groups is 5. The number of aromatic hydroxyl groups is 2. The van der Waals surface area contributed by atoms with Gasteiger partial charge in [0.2, 0.25) is 11.9 Å². The number of phenolic OH excluding ortho intramolecular Hbond substituents is 2. The fraction of sp³-hybridized carbons (Fsp3) is 0.361. The van der Waals surface area contributed by atoms with Crippen LogP contribution in [0.3, 0.4) is 0 Å². The van der Waals surface area contributed by atoms with Crippen molar-refractivity contribution >= 4 is 63.5 Å². The second-order valence-electron chi connectivity index (χ2n) is 27.6. The Morgan fingerprint density at radius 3 is 1.57 bits per heavy atom. The number of amides is 2. The van der Waals surface area contributed by atoms with Crippen LogP contribution in [0.25, 0.3) is 72.9 Å². The van der Waals surface area contributed by atoms with Crippen molar-refractivity contribution in [1.82, 2.24) is 29.7 Å². The number of aromatic carboxylic acids is 2. The molecule has 2 saturated heterocycles. The van der Waals surface area contributed by atoms with Gasteiger partial charge in [-0.3, -0.25) is 47.7 Å². The summed E-state index contributed by atoms with van der Waals surface area (Å²) in [7, 11) is 0. The summed E-state index contributed by atoms with van der Waals surface area (Å²) in [6, 6.07) is 26.1. The number of carboxylic acids is 2. The molecule has 17 N–H and O–H groups in total. The number of aryl methyl sites for hydroxylation is 1. The van der Waals surface area contributed by atoms with Crippen LogP contribution < -0.4 is 49.8 Å². The second kappa shape index (κ2) is 41.8. The van der Waals surface area contributed by atoms with Gasteiger partial charge >= 0.3 is 17.6 Å². The first kappa shape index (κ1) is 87.1. The molecule has 6 atom stereocenters. The highest BCUT2D eigenvalue weighted by molar-refractivity contribution is 6.11. The highest BCUT2D eigenvalue weighted by Gasteiger charge is 2.37. The summed E-state index contributed by atoms with van der Waals surface area (Å²) in [5.41, 5.74) is 12.5. The number of anilines is 1. The monoisotopic (exact) mass is 1590 g/mol. The minimum absolute atomic E-state index is 0.0152. The molecule has 2 amide bonds. The number of nitrogen functional groups attached to an aromatic ring is 1. The first-order valence-electron chi connectivity index (χ1n) is 37.7. The molecule has 0 spiro atoms. The van der Waals surface area contributed by atoms with Crippen molar-refractivity contribution in [3.8, 4) is 56.4 Å². The Morgan fingerprint density at radius 1 is 0.565 bits per heavy atom. The van der Waals surface area contributed by atoms with E-state index in [9.17, 15) is 83.7 Å². The molecule has 4 aromatic carbocycles. The molecule has 2 fully saturated rings. The lowest BCUT2D eigenvalue weighted by Crippen LogP contribution is -2.33. The van der Waals surface area contributed by atoms with Crippen LogP contribution in [0, 0.1) is 6.92 Å². The molecule has 6 aliphatic rings. The van der Waals surface area contributed by atoms with Gasteiger partial charge in [-0.25, -0.2) is 14.4 Å². The average Bonchev–Trinajstić information content (AvgIpc) is 1.05. The fourth-order valence-corrected chi connectivity index (χ4v) is 13.3. The number of rotatable bonds is 31. The van der Waals surface area contributed by atoms with Crippen molar-refractivity contribution in [3.05, 3.63) is 213 Å². The van der Waals surface area contributed by atoms with Gasteiger partial charge in [-0.15, -0.1) is 0 Å². The van der Waals surface area contributed by atoms with Crippen molar-refractivity contribution in [1.29, 1.82) is 0 Å². The molecule has 4 aliphatic heterocycles. The maximum atomic E-state index is 13.3. The second-order valence-corrected chi connectivity index (χ2v) is 27.6. The lowest BCUT2D eigenvalue weighted by atomic mass is 9.88. The number of ketones is 1. The van der Waals surface area contributed by atoms with E-state index in [1.165, 1.54) is 102 Å². The van der Waals surface area contributed by atoms with Crippen LogP contribution in [0.1, 0.15) is 168 Å². The predicted molar refractivity (Wildman–Crippen MR) is 425 cm³/mol. The SMILES string of the molecule is Cc1cn([C@H]2CC(O)[C@@H](CO)O2)c(N)nc1=O.NCCCCCCO.O=C(/C=C/c1cn([C@H]2CC(O)[C@@H](CO)O2)c(=O)[nH]c1=O)NCCCCCCCC(=O)c1ccc(C(=O)O)c(-c2c3ccc(=O)cc-3oc3cc(O)ccc23)c1.O=C(NCCCCCCO)c1ccc(C(=O)O)c(-c2c3ccc(=O)cc-3oc3cc(O)ccc23)c1. The summed E-state index contributed by atoms with van der Waals surface area (Å²) in [5, 5.41) is 102. The molecule has 0 radical (unpaired) electrons. The normalized spacial score (nSPS) is 16.4. The quantitative estimate of drug-likeness (QED) is 0.00874. The summed E-state index contributed by atoms with van der Waals surface area (Å²) in [5.74, 6) is -2.95. The highest BCUT2D eigenvalue weighted by Crippen LogP contribution is 2.45. The number of aromatic amines is 1. The van der Waals surface area contributed by atoms with Gasteiger partial charge in [0, 0.05) is 138 Å². The van der Waals surface area contributed by atoms with Gasteiger partial charge < -0.3 is 91.5 Å². The summed E-state index contributed by atoms with van der Waals surface area (Å²) in [6.45, 7) is 3.03. The number of aromatic nitrogens is 4. The molecular weight excluding hydrogens is 1490 g/mol. The number of carbonyl (C=O) groups excluding carboxylic acids is 3. The van der Waals surface area contributed by atoms with E-state index in [2.05, 4.69) is 20.6 Å². The summed E-state index contributed by atoms with van der Waals surface area (Å²) in [6.07, 6.45) is 12.3. The number of carboxylic acid groups (broad SMARTS) is 2. The van der Waals surface area contributed by atoms with Crippen LogP contribution in [0.2, 0.25) is 0 Å². The number of Topliss-reactive ketones (excluding diaryl/α,β-unsaturated/α-hetero) is 1. The van der Waals surface area contributed by atoms with Crippen LogP contribution in [0.4, 0.5) is 5.95 Å². The van der Waals surface area contributed by atoms with E-state index in [0.717, 1.165) is 81.7 Å². The Hall–Kier alpha value is -11.9. The van der Waals surface area contributed by atoms with E-state index in [1.807, 2.05) is 0 Å².